The maximum Gasteiger partial charge on any atom is 0.300 e. The number of aliphatic hydroxyl groups excluding tert-OH is 1. The van der Waals surface area contributed by atoms with E-state index >= 15 is 0 Å². The van der Waals surface area contributed by atoms with E-state index in [2.05, 4.69) is 4.98 Å². The van der Waals surface area contributed by atoms with Crippen LogP contribution in [0.1, 0.15) is 28.3 Å². The van der Waals surface area contributed by atoms with Crippen LogP contribution >= 0.6 is 0 Å². The highest BCUT2D eigenvalue weighted by atomic mass is 16.6. The first-order chi connectivity index (χ1) is 15.3. The number of Topliss-reactive ketones (excluding diaryl/α,β-unsaturated/α-hetero) is 1. The molecule has 1 aromatic heterocycles. The first kappa shape index (κ1) is 20.9. The van der Waals surface area contributed by atoms with Crippen LogP contribution in [0.3, 0.4) is 0 Å². The number of ketones is 1. The lowest BCUT2D eigenvalue weighted by Crippen LogP contribution is -2.30. The maximum absolute atomic E-state index is 13.2. The van der Waals surface area contributed by atoms with Gasteiger partial charge in [0.25, 0.3) is 17.4 Å². The van der Waals surface area contributed by atoms with Crippen molar-refractivity contribution in [2.75, 3.05) is 4.90 Å². The molecule has 1 fully saturated rings. The molecule has 2 heterocycles. The number of nitrogens with zero attached hydrogens (tertiary/aromatic N) is 3. The Bertz CT molecular complexity index is 1270. The molecule has 0 radical (unpaired) electrons. The Balaban J connectivity index is 1.94. The van der Waals surface area contributed by atoms with Crippen molar-refractivity contribution in [3.05, 3.63) is 105 Å². The van der Waals surface area contributed by atoms with Gasteiger partial charge in [-0.1, -0.05) is 12.1 Å². The van der Waals surface area contributed by atoms with Crippen LogP contribution in [0, 0.1) is 24.0 Å². The summed E-state index contributed by atoms with van der Waals surface area (Å²) in [6.07, 6.45) is 3.09. The normalized spacial score (nSPS) is 17.6. The van der Waals surface area contributed by atoms with E-state index in [1.807, 2.05) is 32.0 Å². The smallest absolute Gasteiger partial charge is 0.300 e. The second-order valence-electron chi connectivity index (χ2n) is 7.54. The number of non-ortho nitro benzene ring substituents is 1. The van der Waals surface area contributed by atoms with Gasteiger partial charge in [-0.3, -0.25) is 29.6 Å². The number of anilines is 1. The molecule has 1 aliphatic rings. The zero-order valence-electron chi connectivity index (χ0n) is 17.4. The zero-order valence-corrected chi connectivity index (χ0v) is 17.4. The molecule has 1 unspecified atom stereocenters. The summed E-state index contributed by atoms with van der Waals surface area (Å²) in [5.41, 5.74) is 2.84. The fraction of sp³-hybridized carbons (Fsp3) is 0.125. The monoisotopic (exact) mass is 429 g/mol. The third-order valence-corrected chi connectivity index (χ3v) is 5.44. The number of nitro benzene ring substituents is 1. The molecule has 1 atom stereocenters. The lowest BCUT2D eigenvalue weighted by atomic mass is 9.95. The Morgan fingerprint density at radius 3 is 2.31 bits per heavy atom. The molecule has 8 nitrogen and oxygen atoms in total. The fourth-order valence-electron chi connectivity index (χ4n) is 3.82. The average Bonchev–Trinajstić information content (AvgIpc) is 3.06. The summed E-state index contributed by atoms with van der Waals surface area (Å²) in [6.45, 7) is 3.73. The lowest BCUT2D eigenvalue weighted by Gasteiger charge is -2.27. The van der Waals surface area contributed by atoms with Crippen molar-refractivity contribution in [1.82, 2.24) is 4.98 Å². The minimum atomic E-state index is -0.881. The van der Waals surface area contributed by atoms with Crippen LogP contribution in [0.15, 0.2) is 72.6 Å². The molecule has 32 heavy (non-hydrogen) atoms. The molecule has 2 aromatic carbocycles. The number of aromatic nitrogens is 1. The van der Waals surface area contributed by atoms with E-state index in [1.54, 1.807) is 24.5 Å². The quantitative estimate of drug-likeness (QED) is 0.218. The minimum Gasteiger partial charge on any atom is -0.507 e. The van der Waals surface area contributed by atoms with Crippen molar-refractivity contribution in [3.63, 3.8) is 0 Å². The highest BCUT2D eigenvalue weighted by Gasteiger charge is 2.47. The van der Waals surface area contributed by atoms with Gasteiger partial charge in [0.05, 0.1) is 16.5 Å². The van der Waals surface area contributed by atoms with Crippen molar-refractivity contribution in [2.45, 2.75) is 19.9 Å². The van der Waals surface area contributed by atoms with Gasteiger partial charge >= 0.3 is 0 Å². The number of nitro groups is 1. The fourth-order valence-corrected chi connectivity index (χ4v) is 3.82. The van der Waals surface area contributed by atoms with E-state index < -0.39 is 28.4 Å². The Labute approximate surface area is 183 Å². The van der Waals surface area contributed by atoms with Crippen LogP contribution in [0.4, 0.5) is 11.4 Å². The van der Waals surface area contributed by atoms with Crippen molar-refractivity contribution in [2.24, 2.45) is 0 Å². The van der Waals surface area contributed by atoms with Gasteiger partial charge < -0.3 is 5.11 Å². The molecule has 0 bridgehead atoms. The van der Waals surface area contributed by atoms with Crippen LogP contribution < -0.4 is 4.90 Å². The summed E-state index contributed by atoms with van der Waals surface area (Å²) in [7, 11) is 0. The van der Waals surface area contributed by atoms with Gasteiger partial charge in [-0.05, 0) is 60.9 Å². The predicted molar refractivity (Wildman–Crippen MR) is 118 cm³/mol. The van der Waals surface area contributed by atoms with Gasteiger partial charge in [-0.2, -0.15) is 0 Å². The van der Waals surface area contributed by atoms with E-state index in [1.165, 1.54) is 29.2 Å². The molecule has 1 saturated heterocycles. The van der Waals surface area contributed by atoms with Gasteiger partial charge in [-0.25, -0.2) is 0 Å². The Morgan fingerprint density at radius 1 is 1.03 bits per heavy atom. The van der Waals surface area contributed by atoms with Gasteiger partial charge in [-0.15, -0.1) is 0 Å². The number of carbonyl (C=O) groups is 2. The van der Waals surface area contributed by atoms with Crippen LogP contribution in [-0.2, 0) is 9.59 Å². The molecule has 3 aromatic rings. The molecule has 0 spiro atoms. The van der Waals surface area contributed by atoms with E-state index in [-0.39, 0.29) is 16.8 Å². The lowest BCUT2D eigenvalue weighted by molar-refractivity contribution is -0.384. The molecule has 1 N–H and O–H groups in total. The molecule has 0 saturated carbocycles. The third-order valence-electron chi connectivity index (χ3n) is 5.44. The van der Waals surface area contributed by atoms with Gasteiger partial charge in [0.1, 0.15) is 5.76 Å². The number of hydrogen-bond acceptors (Lipinski definition) is 6. The number of rotatable bonds is 4. The number of aryl methyl sites for hydroxylation is 2. The summed E-state index contributed by atoms with van der Waals surface area (Å²) in [5, 5.41) is 22.0. The minimum absolute atomic E-state index is 0.0871. The number of amides is 1. The first-order valence-corrected chi connectivity index (χ1v) is 9.82. The Hall–Kier alpha value is -4.33. The highest BCUT2D eigenvalue weighted by molar-refractivity contribution is 6.51. The number of hydrogen-bond donors (Lipinski definition) is 1. The summed E-state index contributed by atoms with van der Waals surface area (Å²) < 4.78 is 0. The zero-order chi connectivity index (χ0) is 23.0. The molecular formula is C24H19N3O5. The van der Waals surface area contributed by atoms with Crippen molar-refractivity contribution >= 4 is 28.8 Å². The van der Waals surface area contributed by atoms with Crippen LogP contribution in [0.2, 0.25) is 0 Å². The van der Waals surface area contributed by atoms with E-state index in [9.17, 15) is 24.8 Å². The second-order valence-corrected chi connectivity index (χ2v) is 7.54. The van der Waals surface area contributed by atoms with Gasteiger partial charge in [0, 0.05) is 35.8 Å². The van der Waals surface area contributed by atoms with Crippen LogP contribution in [-0.4, -0.2) is 26.7 Å². The van der Waals surface area contributed by atoms with E-state index in [4.69, 9.17) is 0 Å². The molecule has 1 aliphatic heterocycles. The molecule has 4 rings (SSSR count). The molecule has 0 aliphatic carbocycles. The van der Waals surface area contributed by atoms with Crippen molar-refractivity contribution in [3.8, 4) is 0 Å². The third kappa shape index (κ3) is 3.51. The number of benzene rings is 2. The number of pyridine rings is 1. The molecule has 160 valence electrons. The predicted octanol–water partition coefficient (Wildman–Crippen LogP) is 4.23. The summed E-state index contributed by atoms with van der Waals surface area (Å²) in [5.74, 6) is -1.99. The molecule has 8 heteroatoms. The van der Waals surface area contributed by atoms with Gasteiger partial charge in [0.2, 0.25) is 0 Å². The summed E-state index contributed by atoms with van der Waals surface area (Å²) in [6, 6.07) is 13.2. The molecular weight excluding hydrogens is 410 g/mol. The van der Waals surface area contributed by atoms with Crippen LogP contribution in [0.25, 0.3) is 5.76 Å². The Kier molecular flexibility index (Phi) is 5.28. The van der Waals surface area contributed by atoms with E-state index in [0.29, 0.717) is 11.3 Å². The summed E-state index contributed by atoms with van der Waals surface area (Å²) >= 11 is 0. The largest absolute Gasteiger partial charge is 0.507 e. The van der Waals surface area contributed by atoms with E-state index in [0.717, 1.165) is 11.1 Å². The first-order valence-electron chi connectivity index (χ1n) is 9.82. The SMILES string of the molecule is Cc1ccc(C)c(N2C(=O)C(=O)/C(=C(\O)c3ccc([N+](=O)[O-])cc3)C2c2ccncc2)c1. The topological polar surface area (TPSA) is 114 Å². The van der Waals surface area contributed by atoms with Gasteiger partial charge in [0.15, 0.2) is 0 Å². The Morgan fingerprint density at radius 2 is 1.69 bits per heavy atom. The van der Waals surface area contributed by atoms with Crippen molar-refractivity contribution < 1.29 is 19.6 Å². The number of carbonyl (C=O) groups excluding carboxylic acids is 2. The average molecular weight is 429 g/mol. The highest BCUT2D eigenvalue weighted by Crippen LogP contribution is 2.43. The summed E-state index contributed by atoms with van der Waals surface area (Å²) in [4.78, 5) is 42.1. The standard InChI is InChI=1S/C24H19N3O5/c1-14-3-4-15(2)19(13-14)26-21(16-9-11-25-12-10-16)20(23(29)24(26)30)22(28)17-5-7-18(8-6-17)27(31)32/h3-13,21,28H,1-2H3/b22-20-. The molecule has 1 amide bonds. The maximum atomic E-state index is 13.2. The number of aliphatic hydroxyl groups is 1. The second kappa shape index (κ2) is 8.07. The van der Waals surface area contributed by atoms with Crippen LogP contribution in [0.5, 0.6) is 0 Å². The van der Waals surface area contributed by atoms with Crippen molar-refractivity contribution in [1.29, 1.82) is 0 Å².